The van der Waals surface area contributed by atoms with Crippen molar-refractivity contribution in [3.8, 4) is 5.75 Å². The van der Waals surface area contributed by atoms with Gasteiger partial charge in [-0.3, -0.25) is 0 Å². The van der Waals surface area contributed by atoms with Crippen LogP contribution in [0.15, 0.2) is 18.2 Å². The summed E-state index contributed by atoms with van der Waals surface area (Å²) in [6.07, 6.45) is 0. The van der Waals surface area contributed by atoms with Crippen LogP contribution in [-0.4, -0.2) is 38.5 Å². The molecule has 2 rings (SSSR count). The van der Waals surface area contributed by atoms with Gasteiger partial charge in [-0.2, -0.15) is 5.48 Å². The van der Waals surface area contributed by atoms with E-state index in [0.717, 1.165) is 37.6 Å². The van der Waals surface area contributed by atoms with E-state index in [1.807, 2.05) is 12.1 Å². The zero-order valence-electron chi connectivity index (χ0n) is 9.98. The molecular weight excluding hydrogens is 220 g/mol. The summed E-state index contributed by atoms with van der Waals surface area (Å²) >= 11 is 0. The van der Waals surface area contributed by atoms with Crippen LogP contribution in [0.25, 0.3) is 0 Å². The lowest BCUT2D eigenvalue weighted by atomic mass is 10.1. The molecule has 0 unspecified atom stereocenters. The molecule has 0 bridgehead atoms. The van der Waals surface area contributed by atoms with Crippen LogP contribution in [0, 0.1) is 0 Å². The molecule has 1 saturated heterocycles. The number of nitrogens with zero attached hydrogens (tertiary/aromatic N) is 1. The Morgan fingerprint density at radius 2 is 2.18 bits per heavy atom. The van der Waals surface area contributed by atoms with Crippen molar-refractivity contribution >= 4 is 5.69 Å². The van der Waals surface area contributed by atoms with Crippen LogP contribution >= 0.6 is 0 Å². The minimum Gasteiger partial charge on any atom is -0.508 e. The second-order valence-electron chi connectivity index (χ2n) is 3.94. The number of hydrogen-bond donors (Lipinski definition) is 2. The number of anilines is 1. The Kier molecular flexibility index (Phi) is 4.19. The van der Waals surface area contributed by atoms with E-state index < -0.39 is 0 Å². The number of hydrogen-bond acceptors (Lipinski definition) is 5. The smallest absolute Gasteiger partial charge is 0.120 e. The van der Waals surface area contributed by atoms with Crippen molar-refractivity contribution in [1.29, 1.82) is 0 Å². The average Bonchev–Trinajstić information content (AvgIpc) is 2.39. The molecule has 1 aromatic carbocycles. The molecule has 5 heteroatoms. The van der Waals surface area contributed by atoms with E-state index >= 15 is 0 Å². The lowest BCUT2D eigenvalue weighted by molar-refractivity contribution is 0.0861. The Bertz CT molecular complexity index is 365. The van der Waals surface area contributed by atoms with Gasteiger partial charge in [-0.15, -0.1) is 0 Å². The van der Waals surface area contributed by atoms with Crippen molar-refractivity contribution in [2.24, 2.45) is 0 Å². The van der Waals surface area contributed by atoms with E-state index in [9.17, 15) is 5.11 Å². The third-order valence-corrected chi connectivity index (χ3v) is 2.85. The van der Waals surface area contributed by atoms with Gasteiger partial charge in [0.1, 0.15) is 5.75 Å². The molecule has 1 fully saturated rings. The number of benzene rings is 1. The van der Waals surface area contributed by atoms with E-state index in [2.05, 4.69) is 10.4 Å². The lowest BCUT2D eigenvalue weighted by Crippen LogP contribution is -2.36. The van der Waals surface area contributed by atoms with Gasteiger partial charge in [-0.25, -0.2) is 0 Å². The van der Waals surface area contributed by atoms with Gasteiger partial charge in [0.25, 0.3) is 0 Å². The van der Waals surface area contributed by atoms with Gasteiger partial charge in [-0.05, 0) is 18.2 Å². The number of rotatable bonds is 4. The van der Waals surface area contributed by atoms with Crippen molar-refractivity contribution < 1.29 is 14.7 Å². The van der Waals surface area contributed by atoms with Crippen LogP contribution in [0.5, 0.6) is 5.75 Å². The van der Waals surface area contributed by atoms with E-state index in [1.165, 1.54) is 0 Å². The van der Waals surface area contributed by atoms with E-state index in [4.69, 9.17) is 9.57 Å². The van der Waals surface area contributed by atoms with E-state index in [-0.39, 0.29) is 5.75 Å². The first kappa shape index (κ1) is 12.2. The van der Waals surface area contributed by atoms with Gasteiger partial charge >= 0.3 is 0 Å². The van der Waals surface area contributed by atoms with Crippen molar-refractivity contribution in [3.05, 3.63) is 23.8 Å². The Morgan fingerprint density at radius 3 is 2.88 bits per heavy atom. The maximum atomic E-state index is 9.72. The monoisotopic (exact) mass is 238 g/mol. The second kappa shape index (κ2) is 5.86. The van der Waals surface area contributed by atoms with E-state index in [1.54, 1.807) is 13.2 Å². The van der Waals surface area contributed by atoms with Crippen LogP contribution < -0.4 is 10.4 Å². The highest BCUT2D eigenvalue weighted by Gasteiger charge is 2.12. The molecule has 1 aromatic rings. The molecule has 94 valence electrons. The molecule has 1 heterocycles. The van der Waals surface area contributed by atoms with Crippen LogP contribution in [0.4, 0.5) is 5.69 Å². The molecule has 5 nitrogen and oxygen atoms in total. The fraction of sp³-hybridized carbons (Fsp3) is 0.500. The maximum Gasteiger partial charge on any atom is 0.120 e. The van der Waals surface area contributed by atoms with Crippen molar-refractivity contribution in [3.63, 3.8) is 0 Å². The fourth-order valence-electron chi connectivity index (χ4n) is 1.88. The summed E-state index contributed by atoms with van der Waals surface area (Å²) in [4.78, 5) is 7.04. The third-order valence-electron chi connectivity index (χ3n) is 2.85. The van der Waals surface area contributed by atoms with Crippen LogP contribution in [0.3, 0.4) is 0 Å². The SMILES string of the molecule is CONCc1cc(N2CCOCC2)ccc1O. The highest BCUT2D eigenvalue weighted by Crippen LogP contribution is 2.24. The fourth-order valence-corrected chi connectivity index (χ4v) is 1.88. The minimum absolute atomic E-state index is 0.284. The Labute approximate surface area is 101 Å². The predicted octanol–water partition coefficient (Wildman–Crippen LogP) is 0.880. The molecule has 0 aromatic heterocycles. The van der Waals surface area contributed by atoms with Gasteiger partial charge in [0, 0.05) is 30.9 Å². The van der Waals surface area contributed by atoms with Crippen LogP contribution in [0.2, 0.25) is 0 Å². The summed E-state index contributed by atoms with van der Waals surface area (Å²) in [5, 5.41) is 9.72. The van der Waals surface area contributed by atoms with Gasteiger partial charge in [0.05, 0.1) is 20.3 Å². The topological polar surface area (TPSA) is 54.0 Å². The van der Waals surface area contributed by atoms with Crippen LogP contribution in [-0.2, 0) is 16.1 Å². The first-order valence-electron chi connectivity index (χ1n) is 5.71. The average molecular weight is 238 g/mol. The molecule has 1 aliphatic rings. The Hall–Kier alpha value is -1.30. The zero-order valence-corrected chi connectivity index (χ0v) is 9.98. The number of phenols is 1. The number of ether oxygens (including phenoxy) is 1. The molecule has 0 atom stereocenters. The number of morpholine rings is 1. The quantitative estimate of drug-likeness (QED) is 0.763. The molecule has 0 spiro atoms. The highest BCUT2D eigenvalue weighted by molar-refractivity contribution is 5.53. The number of hydroxylamine groups is 1. The number of aromatic hydroxyl groups is 1. The summed E-state index contributed by atoms with van der Waals surface area (Å²) in [6, 6.07) is 5.63. The first-order valence-corrected chi connectivity index (χ1v) is 5.71. The highest BCUT2D eigenvalue weighted by atomic mass is 16.6. The molecule has 0 amide bonds. The third kappa shape index (κ3) is 3.09. The second-order valence-corrected chi connectivity index (χ2v) is 3.94. The summed E-state index contributed by atoms with van der Waals surface area (Å²) in [5.41, 5.74) is 4.67. The summed E-state index contributed by atoms with van der Waals surface area (Å²) in [5.74, 6) is 0.284. The molecule has 0 saturated carbocycles. The maximum absolute atomic E-state index is 9.72. The molecule has 2 N–H and O–H groups in total. The lowest BCUT2D eigenvalue weighted by Gasteiger charge is -2.29. The number of phenolic OH excluding ortho intramolecular Hbond substituents is 1. The standard InChI is InChI=1S/C12H18N2O3/c1-16-13-9-10-8-11(2-3-12(10)15)14-4-6-17-7-5-14/h2-3,8,13,15H,4-7,9H2,1H3. The van der Waals surface area contributed by atoms with E-state index in [0.29, 0.717) is 6.54 Å². The molecule has 0 radical (unpaired) electrons. The zero-order chi connectivity index (χ0) is 12.1. The van der Waals surface area contributed by atoms with Crippen molar-refractivity contribution in [1.82, 2.24) is 5.48 Å². The minimum atomic E-state index is 0.284. The van der Waals surface area contributed by atoms with Crippen molar-refractivity contribution in [2.45, 2.75) is 6.54 Å². The van der Waals surface area contributed by atoms with Gasteiger partial charge in [-0.1, -0.05) is 0 Å². The van der Waals surface area contributed by atoms with Crippen molar-refractivity contribution in [2.75, 3.05) is 38.3 Å². The first-order chi connectivity index (χ1) is 8.31. The number of nitrogens with one attached hydrogen (secondary N) is 1. The van der Waals surface area contributed by atoms with Gasteiger partial charge < -0.3 is 19.6 Å². The molecule has 1 aliphatic heterocycles. The summed E-state index contributed by atoms with van der Waals surface area (Å²) in [7, 11) is 1.56. The van der Waals surface area contributed by atoms with Gasteiger partial charge in [0.2, 0.25) is 0 Å². The molecule has 0 aliphatic carbocycles. The largest absolute Gasteiger partial charge is 0.508 e. The van der Waals surface area contributed by atoms with Gasteiger partial charge in [0.15, 0.2) is 0 Å². The Balaban J connectivity index is 2.11. The molecular formula is C12H18N2O3. The summed E-state index contributed by atoms with van der Waals surface area (Å²) < 4.78 is 5.32. The summed E-state index contributed by atoms with van der Waals surface area (Å²) in [6.45, 7) is 3.78. The normalized spacial score (nSPS) is 16.2. The predicted molar refractivity (Wildman–Crippen MR) is 65.0 cm³/mol. The Morgan fingerprint density at radius 1 is 1.41 bits per heavy atom. The molecule has 17 heavy (non-hydrogen) atoms. The van der Waals surface area contributed by atoms with Crippen LogP contribution in [0.1, 0.15) is 5.56 Å².